The van der Waals surface area contributed by atoms with Crippen molar-refractivity contribution in [1.29, 1.82) is 0 Å². The Morgan fingerprint density at radius 2 is 1.81 bits per heavy atom. The normalized spacial score (nSPS) is 30.3. The molecule has 0 amide bonds. The van der Waals surface area contributed by atoms with E-state index in [0.717, 1.165) is 0 Å². The van der Waals surface area contributed by atoms with Crippen molar-refractivity contribution in [3.05, 3.63) is 30.1 Å². The molecule has 32 heavy (non-hydrogen) atoms. The van der Waals surface area contributed by atoms with Gasteiger partial charge in [-0.1, -0.05) is 0 Å². The summed E-state index contributed by atoms with van der Waals surface area (Å²) in [5.74, 6) is 0. The molecule has 9 N–H and O–H groups in total. The van der Waals surface area contributed by atoms with Crippen LogP contribution in [-0.4, -0.2) is 58.6 Å². The highest BCUT2D eigenvalue weighted by molar-refractivity contribution is 7.66. The van der Waals surface area contributed by atoms with Crippen molar-refractivity contribution in [2.24, 2.45) is 5.73 Å². The lowest BCUT2D eigenvalue weighted by Gasteiger charge is -2.27. The highest BCUT2D eigenvalue weighted by Gasteiger charge is 2.53. The second-order valence-electron chi connectivity index (χ2n) is 7.09. The third-order valence-electron chi connectivity index (χ3n) is 4.57. The minimum absolute atomic E-state index is 0.414. The van der Waals surface area contributed by atoms with E-state index in [0.29, 0.717) is 16.9 Å². The lowest BCUT2D eigenvalue weighted by Crippen LogP contribution is -2.51. The Bertz CT molecular complexity index is 1150. The molecule has 1 aliphatic heterocycles. The van der Waals surface area contributed by atoms with Crippen LogP contribution in [0.25, 0.3) is 5.52 Å². The number of nitrogen functional groups attached to an aromatic ring is 1. The quantitative estimate of drug-likeness (QED) is 0.223. The van der Waals surface area contributed by atoms with Crippen LogP contribution in [0.15, 0.2) is 24.4 Å². The molecule has 0 aliphatic carbocycles. The second-order valence-corrected chi connectivity index (χ2v) is 11.5. The highest BCUT2D eigenvalue weighted by atomic mass is 31.3. The topological polar surface area (TPSA) is 259 Å². The zero-order valence-electron chi connectivity index (χ0n) is 16.2. The van der Waals surface area contributed by atoms with Crippen LogP contribution in [-0.2, 0) is 31.6 Å². The number of nitrogens with zero attached hydrogens (tertiary/aromatic N) is 2. The van der Waals surface area contributed by atoms with Gasteiger partial charge in [-0.05, 0) is 25.1 Å². The Balaban J connectivity index is 1.74. The summed E-state index contributed by atoms with van der Waals surface area (Å²) in [5.41, 5.74) is 12.1. The van der Waals surface area contributed by atoms with E-state index in [2.05, 4.69) is 18.2 Å². The largest absolute Gasteiger partial charge is 0.490 e. The Morgan fingerprint density at radius 3 is 2.44 bits per heavy atom. The van der Waals surface area contributed by atoms with Gasteiger partial charge in [-0.2, -0.15) is 13.7 Å². The number of fused-ring (bicyclic) bond motifs is 1. The number of aliphatic hydroxyl groups excluding tert-OH is 1. The van der Waals surface area contributed by atoms with Crippen molar-refractivity contribution in [3.8, 4) is 0 Å². The van der Waals surface area contributed by atoms with E-state index >= 15 is 0 Å². The molecule has 0 aromatic carbocycles. The van der Waals surface area contributed by atoms with Gasteiger partial charge in [-0.15, -0.1) is 0 Å². The van der Waals surface area contributed by atoms with Crippen molar-refractivity contribution in [1.82, 2.24) is 9.61 Å². The fourth-order valence-corrected chi connectivity index (χ4v) is 6.23. The van der Waals surface area contributed by atoms with Gasteiger partial charge in [0.1, 0.15) is 18.3 Å². The number of aromatic nitrogens is 2. The molecule has 19 heteroatoms. The number of phosphoric acid groups is 3. The SMILES string of the molecule is C[C@@]1(N)[C@H](O)[C@@H](COP(=O)(O)OP(=O)(O)OP(=O)(O)O)O[C@H]1c1ccc2c(N)ccnn12. The molecule has 1 saturated heterocycles. The molecule has 0 saturated carbocycles. The van der Waals surface area contributed by atoms with Gasteiger partial charge in [0.05, 0.1) is 29.0 Å². The third kappa shape index (κ3) is 5.46. The number of aliphatic hydroxyl groups is 1. The van der Waals surface area contributed by atoms with Crippen molar-refractivity contribution >= 4 is 34.7 Å². The Kier molecular flexibility index (Phi) is 6.77. The maximum Gasteiger partial charge on any atom is 0.490 e. The summed E-state index contributed by atoms with van der Waals surface area (Å²) >= 11 is 0. The number of phosphoric ester groups is 1. The summed E-state index contributed by atoms with van der Waals surface area (Å²) in [7, 11) is -16.6. The van der Waals surface area contributed by atoms with Gasteiger partial charge in [-0.25, -0.2) is 18.2 Å². The van der Waals surface area contributed by atoms with Crippen LogP contribution in [0.3, 0.4) is 0 Å². The van der Waals surface area contributed by atoms with Crippen LogP contribution >= 0.6 is 23.5 Å². The molecule has 2 aromatic heterocycles. The van der Waals surface area contributed by atoms with Crippen LogP contribution < -0.4 is 11.5 Å². The fraction of sp³-hybridized carbons (Fsp3) is 0.462. The lowest BCUT2D eigenvalue weighted by molar-refractivity contribution is -0.0235. The fourth-order valence-electron chi connectivity index (χ4n) is 3.20. The maximum atomic E-state index is 11.9. The predicted octanol–water partition coefficient (Wildman–Crippen LogP) is -0.222. The van der Waals surface area contributed by atoms with E-state index in [9.17, 15) is 28.6 Å². The van der Waals surface area contributed by atoms with Gasteiger partial charge in [0.25, 0.3) is 0 Å². The number of nitrogens with two attached hydrogens (primary N) is 2. The second kappa shape index (κ2) is 8.53. The molecule has 16 nitrogen and oxygen atoms in total. The average Bonchev–Trinajstić information content (AvgIpc) is 3.11. The van der Waals surface area contributed by atoms with Gasteiger partial charge in [0.15, 0.2) is 0 Å². The van der Waals surface area contributed by atoms with Crippen molar-refractivity contribution in [2.45, 2.75) is 30.8 Å². The molecule has 1 aliphatic rings. The Hall–Kier alpha value is -1.22. The maximum absolute atomic E-state index is 11.9. The van der Waals surface area contributed by atoms with Crippen molar-refractivity contribution < 1.29 is 56.3 Å². The molecule has 180 valence electrons. The van der Waals surface area contributed by atoms with Crippen molar-refractivity contribution in [2.75, 3.05) is 12.3 Å². The van der Waals surface area contributed by atoms with E-state index in [1.165, 1.54) is 17.6 Å². The van der Waals surface area contributed by atoms with Crippen molar-refractivity contribution in [3.63, 3.8) is 0 Å². The molecular weight excluding hydrogens is 497 g/mol. The molecule has 2 unspecified atom stereocenters. The highest BCUT2D eigenvalue weighted by Crippen LogP contribution is 2.66. The Labute approximate surface area is 180 Å². The van der Waals surface area contributed by atoms with E-state index in [4.69, 9.17) is 26.0 Å². The zero-order chi connectivity index (χ0) is 24.1. The standard InChI is InChI=1S/C13H21N4O12P3/c1-13(15)11(18)10(6-26-31(22,23)29-32(24,25)28-30(19,20)21)27-12(13)9-3-2-8-7(14)4-5-16-17(8)9/h2-5,10-12,18H,6,14-15H2,1H3,(H,22,23)(H,24,25)(H2,19,20,21)/t10-,11-,12+,13-/m1/s1. The summed E-state index contributed by atoms with van der Waals surface area (Å²) < 4.78 is 52.9. The lowest BCUT2D eigenvalue weighted by atomic mass is 9.88. The minimum atomic E-state index is -5.67. The van der Waals surface area contributed by atoms with Gasteiger partial charge in [0, 0.05) is 6.20 Å². The zero-order valence-corrected chi connectivity index (χ0v) is 18.9. The third-order valence-corrected chi connectivity index (χ3v) is 8.37. The molecule has 6 atom stereocenters. The van der Waals surface area contributed by atoms with Crippen LogP contribution in [0.4, 0.5) is 5.69 Å². The van der Waals surface area contributed by atoms with E-state index in [1.807, 2.05) is 0 Å². The molecule has 3 heterocycles. The van der Waals surface area contributed by atoms with Crippen LogP contribution in [0, 0.1) is 0 Å². The molecule has 3 rings (SSSR count). The van der Waals surface area contributed by atoms with Crippen LogP contribution in [0.1, 0.15) is 18.7 Å². The molecule has 0 spiro atoms. The number of hydrogen-bond acceptors (Lipinski definition) is 11. The molecular formula is C13H21N4O12P3. The van der Waals surface area contributed by atoms with E-state index < -0.39 is 53.9 Å². The first-order chi connectivity index (χ1) is 14.5. The minimum Gasteiger partial charge on any atom is -0.397 e. The predicted molar refractivity (Wildman–Crippen MR) is 106 cm³/mol. The molecule has 0 radical (unpaired) electrons. The van der Waals surface area contributed by atoms with E-state index in [-0.39, 0.29) is 0 Å². The number of rotatable bonds is 8. The smallest absolute Gasteiger partial charge is 0.397 e. The van der Waals surface area contributed by atoms with Gasteiger partial charge < -0.3 is 40.9 Å². The summed E-state index contributed by atoms with van der Waals surface area (Å²) in [5, 5.41) is 14.7. The Morgan fingerprint density at radius 1 is 1.16 bits per heavy atom. The van der Waals surface area contributed by atoms with Crippen LogP contribution in [0.2, 0.25) is 0 Å². The first-order valence-corrected chi connectivity index (χ1v) is 13.2. The first-order valence-electron chi connectivity index (χ1n) is 8.65. The molecule has 1 fully saturated rings. The number of hydrogen-bond donors (Lipinski definition) is 7. The summed E-state index contributed by atoms with van der Waals surface area (Å²) in [6.45, 7) is 0.603. The van der Waals surface area contributed by atoms with E-state index in [1.54, 1.807) is 18.2 Å². The first kappa shape index (κ1) is 25.4. The number of anilines is 1. The summed E-state index contributed by atoms with van der Waals surface area (Å²) in [6, 6.07) is 4.85. The number of ether oxygens (including phenoxy) is 1. The monoisotopic (exact) mass is 518 g/mol. The molecule has 0 bridgehead atoms. The van der Waals surface area contributed by atoms with Gasteiger partial charge in [-0.3, -0.25) is 4.52 Å². The average molecular weight is 518 g/mol. The van der Waals surface area contributed by atoms with Gasteiger partial charge >= 0.3 is 23.5 Å². The van der Waals surface area contributed by atoms with Crippen LogP contribution in [0.5, 0.6) is 0 Å². The molecule has 2 aromatic rings. The summed E-state index contributed by atoms with van der Waals surface area (Å²) in [4.78, 5) is 35.9. The summed E-state index contributed by atoms with van der Waals surface area (Å²) in [6.07, 6.45) is -2.31. The van der Waals surface area contributed by atoms with Gasteiger partial charge in [0.2, 0.25) is 0 Å².